The molecule has 0 bridgehead atoms. The number of carbonyl (C=O) groups excluding carboxylic acids is 2. The van der Waals surface area contributed by atoms with Crippen LogP contribution in [-0.2, 0) is 9.59 Å². The fourth-order valence-electron chi connectivity index (χ4n) is 0.421. The first kappa shape index (κ1) is 14.7. The third-order valence-electron chi connectivity index (χ3n) is 1.02. The van der Waals surface area contributed by atoms with E-state index < -0.39 is 23.9 Å². The smallest absolute Gasteiger partial charge is 0.320 e. The fourth-order valence-corrected chi connectivity index (χ4v) is 0.421. The number of rotatable bonds is 4. The molecule has 0 aliphatic heterocycles. The minimum absolute atomic E-state index is 0.0213. The van der Waals surface area contributed by atoms with E-state index in [0.717, 1.165) is 0 Å². The van der Waals surface area contributed by atoms with Gasteiger partial charge in [-0.15, -0.1) is 0 Å². The molecule has 0 rings (SSSR count). The van der Waals surface area contributed by atoms with Crippen LogP contribution < -0.4 is 22.9 Å². The Balaban J connectivity index is 0. The van der Waals surface area contributed by atoms with Gasteiger partial charge in [0, 0.05) is 6.42 Å². The van der Waals surface area contributed by atoms with Crippen molar-refractivity contribution in [3.8, 4) is 0 Å². The minimum Gasteiger partial charge on any atom is -0.480 e. The summed E-state index contributed by atoms with van der Waals surface area (Å²) in [6, 6.07) is -1.81. The third kappa shape index (κ3) is 16.6. The quantitative estimate of drug-likeness (QED) is 0.346. The van der Waals surface area contributed by atoms with Crippen LogP contribution in [0, 0.1) is 0 Å². The van der Waals surface area contributed by atoms with Crippen LogP contribution >= 0.6 is 0 Å². The highest BCUT2D eigenvalue weighted by Gasteiger charge is 2.11. The fraction of sp³-hybridized carbons (Fsp3) is 0.500. The first-order valence-corrected chi connectivity index (χ1v) is 3.59. The lowest BCUT2D eigenvalue weighted by Crippen LogP contribution is -2.31. The van der Waals surface area contributed by atoms with Crippen LogP contribution in [0.5, 0.6) is 0 Å². The van der Waals surface area contributed by atoms with Gasteiger partial charge in [-0.1, -0.05) is 0 Å². The van der Waals surface area contributed by atoms with E-state index >= 15 is 0 Å². The highest BCUT2D eigenvalue weighted by Crippen LogP contribution is 1.92. The van der Waals surface area contributed by atoms with E-state index in [9.17, 15) is 9.59 Å². The number of nitrogens with two attached hydrogens (primary N) is 4. The molecular weight excluding hydrogens is 192 g/mol. The Morgan fingerprint density at radius 2 is 1.50 bits per heavy atom. The second-order valence-electron chi connectivity index (χ2n) is 2.35. The zero-order valence-corrected chi connectivity index (χ0v) is 7.47. The number of urea groups is 1. The molecule has 0 heterocycles. The summed E-state index contributed by atoms with van der Waals surface area (Å²) in [5.41, 5.74) is 18.3. The molecule has 0 saturated carbocycles. The molecule has 0 radical (unpaired) electrons. The predicted octanol–water partition coefficient (Wildman–Crippen LogP) is -2.31. The molecule has 0 aromatic carbocycles. The molecule has 0 aromatic rings. The number of carboxylic acid groups (broad SMARTS) is 1. The molecule has 3 amide bonds. The second-order valence-corrected chi connectivity index (χ2v) is 2.35. The first-order valence-electron chi connectivity index (χ1n) is 3.59. The maximum atomic E-state index is 10.1. The summed E-state index contributed by atoms with van der Waals surface area (Å²) in [6.45, 7) is 0. The minimum atomic E-state index is -1.11. The zero-order valence-electron chi connectivity index (χ0n) is 7.47. The zero-order chi connectivity index (χ0) is 11.7. The molecule has 0 spiro atoms. The molecule has 1 atom stereocenters. The molecular formula is C6H14N4O4. The average molecular weight is 206 g/mol. The Labute approximate surface area is 80.2 Å². The van der Waals surface area contributed by atoms with Crippen LogP contribution in [0.4, 0.5) is 4.79 Å². The van der Waals surface area contributed by atoms with Crippen molar-refractivity contribution in [1.29, 1.82) is 0 Å². The highest BCUT2D eigenvalue weighted by molar-refractivity contribution is 5.76. The Morgan fingerprint density at radius 1 is 1.14 bits per heavy atom. The van der Waals surface area contributed by atoms with E-state index in [4.69, 9.17) is 21.4 Å². The monoisotopic (exact) mass is 206 g/mol. The van der Waals surface area contributed by atoms with E-state index in [-0.39, 0.29) is 12.8 Å². The highest BCUT2D eigenvalue weighted by atomic mass is 16.4. The second kappa shape index (κ2) is 7.80. The van der Waals surface area contributed by atoms with Gasteiger partial charge in [-0.2, -0.15) is 0 Å². The Kier molecular flexibility index (Phi) is 8.18. The van der Waals surface area contributed by atoms with Gasteiger partial charge in [0.05, 0.1) is 0 Å². The Bertz CT molecular complexity index is 214. The Hall–Kier alpha value is -1.83. The third-order valence-corrected chi connectivity index (χ3v) is 1.02. The van der Waals surface area contributed by atoms with Gasteiger partial charge >= 0.3 is 12.0 Å². The normalized spacial score (nSPS) is 10.6. The number of aliphatic carboxylic acids is 1. The van der Waals surface area contributed by atoms with Gasteiger partial charge in [-0.05, 0) is 6.42 Å². The summed E-state index contributed by atoms with van der Waals surface area (Å²) in [4.78, 5) is 29.1. The summed E-state index contributed by atoms with van der Waals surface area (Å²) in [5.74, 6) is -1.64. The predicted molar refractivity (Wildman–Crippen MR) is 47.8 cm³/mol. The van der Waals surface area contributed by atoms with Gasteiger partial charge < -0.3 is 28.0 Å². The number of primary amides is 3. The van der Waals surface area contributed by atoms with Crippen molar-refractivity contribution in [1.82, 2.24) is 0 Å². The molecule has 82 valence electrons. The Morgan fingerprint density at radius 3 is 1.71 bits per heavy atom. The lowest BCUT2D eigenvalue weighted by atomic mass is 10.2. The van der Waals surface area contributed by atoms with E-state index in [1.165, 1.54) is 0 Å². The van der Waals surface area contributed by atoms with Gasteiger partial charge in [-0.25, -0.2) is 4.79 Å². The molecule has 8 nitrogen and oxygen atoms in total. The van der Waals surface area contributed by atoms with Gasteiger partial charge in [0.2, 0.25) is 5.91 Å². The maximum Gasteiger partial charge on any atom is 0.320 e. The standard InChI is InChI=1S/C5H10N2O3.CH4N2O/c6-3(5(9)10)1-2-4(7)8;2-1(3)4/h3H,1-2,6H2,(H2,7,8)(H,9,10);(H4,2,3,4)/t3-;/m0./s1. The number of hydrogen-bond donors (Lipinski definition) is 5. The van der Waals surface area contributed by atoms with E-state index in [1.54, 1.807) is 0 Å². The molecule has 0 aliphatic rings. The lowest BCUT2D eigenvalue weighted by molar-refractivity contribution is -0.138. The summed E-state index contributed by atoms with van der Waals surface area (Å²) in [7, 11) is 0. The average Bonchev–Trinajstić information content (AvgIpc) is 1.98. The lowest BCUT2D eigenvalue weighted by Gasteiger charge is -2.01. The maximum absolute atomic E-state index is 10.1. The van der Waals surface area contributed by atoms with E-state index in [1.807, 2.05) is 0 Å². The summed E-state index contributed by atoms with van der Waals surface area (Å²) < 4.78 is 0. The van der Waals surface area contributed by atoms with E-state index in [0.29, 0.717) is 0 Å². The van der Waals surface area contributed by atoms with Crippen LogP contribution in [0.3, 0.4) is 0 Å². The van der Waals surface area contributed by atoms with Crippen molar-refractivity contribution in [3.05, 3.63) is 0 Å². The number of carbonyl (C=O) groups is 3. The van der Waals surface area contributed by atoms with Gasteiger partial charge in [0.1, 0.15) is 6.04 Å². The molecule has 9 N–H and O–H groups in total. The van der Waals surface area contributed by atoms with Crippen molar-refractivity contribution in [3.63, 3.8) is 0 Å². The SMILES string of the molecule is NC(=O)CC[C@H](N)C(=O)O.NC(N)=O. The summed E-state index contributed by atoms with van der Waals surface area (Å²) in [6.07, 6.45) is 0.123. The van der Waals surface area contributed by atoms with Crippen molar-refractivity contribution in [2.45, 2.75) is 18.9 Å². The topological polar surface area (TPSA) is 176 Å². The first-order chi connectivity index (χ1) is 6.27. The molecule has 0 fully saturated rings. The van der Waals surface area contributed by atoms with Gasteiger partial charge in [0.25, 0.3) is 0 Å². The van der Waals surface area contributed by atoms with Crippen LogP contribution in [0.25, 0.3) is 0 Å². The van der Waals surface area contributed by atoms with Crippen LogP contribution in [-0.4, -0.2) is 29.1 Å². The van der Waals surface area contributed by atoms with Crippen LogP contribution in [0.2, 0.25) is 0 Å². The number of carboxylic acids is 1. The molecule has 0 unspecified atom stereocenters. The summed E-state index contributed by atoms with van der Waals surface area (Å²) >= 11 is 0. The molecule has 0 aromatic heterocycles. The summed E-state index contributed by atoms with van der Waals surface area (Å²) in [5, 5.41) is 8.22. The largest absolute Gasteiger partial charge is 0.480 e. The van der Waals surface area contributed by atoms with E-state index in [2.05, 4.69) is 11.5 Å². The molecule has 8 heteroatoms. The van der Waals surface area contributed by atoms with Crippen molar-refractivity contribution >= 4 is 17.9 Å². The van der Waals surface area contributed by atoms with Gasteiger partial charge in [-0.3, -0.25) is 9.59 Å². The molecule has 0 aliphatic carbocycles. The van der Waals surface area contributed by atoms with Crippen molar-refractivity contribution < 1.29 is 19.5 Å². The van der Waals surface area contributed by atoms with Crippen molar-refractivity contribution in [2.75, 3.05) is 0 Å². The number of amides is 3. The molecule has 14 heavy (non-hydrogen) atoms. The van der Waals surface area contributed by atoms with Crippen molar-refractivity contribution in [2.24, 2.45) is 22.9 Å². The van der Waals surface area contributed by atoms with Crippen LogP contribution in [0.1, 0.15) is 12.8 Å². The molecule has 0 saturated heterocycles. The van der Waals surface area contributed by atoms with Gasteiger partial charge in [0.15, 0.2) is 0 Å². The number of hydrogen-bond acceptors (Lipinski definition) is 4. The van der Waals surface area contributed by atoms with Crippen LogP contribution in [0.15, 0.2) is 0 Å².